The van der Waals surface area contributed by atoms with Gasteiger partial charge in [-0.1, -0.05) is 32.0 Å². The SMILES string of the molecule is CC(C)c1ccccc1NC(=O)/C1=C(\O)CCCNCCCNC1=O. The van der Waals surface area contributed by atoms with Crippen LogP contribution in [0.5, 0.6) is 0 Å². The maximum Gasteiger partial charge on any atom is 0.264 e. The van der Waals surface area contributed by atoms with Gasteiger partial charge in [0.1, 0.15) is 11.3 Å². The summed E-state index contributed by atoms with van der Waals surface area (Å²) in [5, 5.41) is 19.0. The number of allylic oxidation sites excluding steroid dienone is 1. The number of para-hydroxylation sites is 1. The van der Waals surface area contributed by atoms with Crippen molar-refractivity contribution in [3.63, 3.8) is 0 Å². The smallest absolute Gasteiger partial charge is 0.264 e. The average Bonchev–Trinajstić information content (AvgIpc) is 2.60. The molecule has 0 unspecified atom stereocenters. The second kappa shape index (κ2) is 9.22. The van der Waals surface area contributed by atoms with E-state index in [9.17, 15) is 14.7 Å². The second-order valence-electron chi connectivity index (χ2n) is 6.48. The molecule has 0 saturated carbocycles. The highest BCUT2D eigenvalue weighted by atomic mass is 16.3. The van der Waals surface area contributed by atoms with Gasteiger partial charge in [0.25, 0.3) is 11.8 Å². The summed E-state index contributed by atoms with van der Waals surface area (Å²) in [6.45, 7) is 6.06. The van der Waals surface area contributed by atoms with E-state index >= 15 is 0 Å². The van der Waals surface area contributed by atoms with Crippen molar-refractivity contribution in [2.75, 3.05) is 25.0 Å². The lowest BCUT2D eigenvalue weighted by Crippen LogP contribution is -2.33. The Kier molecular flexibility index (Phi) is 7.01. The summed E-state index contributed by atoms with van der Waals surface area (Å²) in [4.78, 5) is 25.1. The van der Waals surface area contributed by atoms with Gasteiger partial charge in [0.2, 0.25) is 0 Å². The summed E-state index contributed by atoms with van der Waals surface area (Å²) in [7, 11) is 0. The Morgan fingerprint density at radius 1 is 1.16 bits per heavy atom. The number of nitrogens with one attached hydrogen (secondary N) is 3. The van der Waals surface area contributed by atoms with Gasteiger partial charge in [-0.25, -0.2) is 0 Å². The number of anilines is 1. The van der Waals surface area contributed by atoms with Crippen molar-refractivity contribution in [1.82, 2.24) is 10.6 Å². The van der Waals surface area contributed by atoms with Crippen LogP contribution in [-0.2, 0) is 9.59 Å². The zero-order chi connectivity index (χ0) is 18.2. The van der Waals surface area contributed by atoms with E-state index in [2.05, 4.69) is 16.0 Å². The molecule has 6 nitrogen and oxygen atoms in total. The van der Waals surface area contributed by atoms with E-state index < -0.39 is 11.8 Å². The molecule has 1 heterocycles. The van der Waals surface area contributed by atoms with Crippen molar-refractivity contribution in [3.05, 3.63) is 41.2 Å². The van der Waals surface area contributed by atoms with Gasteiger partial charge in [0, 0.05) is 18.7 Å². The first-order chi connectivity index (χ1) is 12.0. The third-order valence-corrected chi connectivity index (χ3v) is 4.16. The zero-order valence-electron chi connectivity index (χ0n) is 14.9. The average molecular weight is 345 g/mol. The molecular formula is C19H27N3O3. The first-order valence-corrected chi connectivity index (χ1v) is 8.82. The van der Waals surface area contributed by atoms with E-state index in [1.165, 1.54) is 0 Å². The van der Waals surface area contributed by atoms with Crippen LogP contribution < -0.4 is 16.0 Å². The molecule has 1 aromatic carbocycles. The normalized spacial score (nSPS) is 19.9. The van der Waals surface area contributed by atoms with Gasteiger partial charge in [0.05, 0.1) is 0 Å². The minimum Gasteiger partial charge on any atom is -0.511 e. The van der Waals surface area contributed by atoms with Crippen LogP contribution in [0.4, 0.5) is 5.69 Å². The Morgan fingerprint density at radius 3 is 2.64 bits per heavy atom. The lowest BCUT2D eigenvalue weighted by atomic mass is 10.0. The highest BCUT2D eigenvalue weighted by Gasteiger charge is 2.24. The van der Waals surface area contributed by atoms with E-state index in [0.717, 1.165) is 25.1 Å². The van der Waals surface area contributed by atoms with Crippen LogP contribution in [0.2, 0.25) is 0 Å². The Morgan fingerprint density at radius 2 is 1.88 bits per heavy atom. The quantitative estimate of drug-likeness (QED) is 0.634. The van der Waals surface area contributed by atoms with Gasteiger partial charge in [-0.05, 0) is 43.5 Å². The summed E-state index contributed by atoms with van der Waals surface area (Å²) in [5.41, 5.74) is 1.45. The van der Waals surface area contributed by atoms with Crippen LogP contribution in [0.15, 0.2) is 35.6 Å². The fourth-order valence-electron chi connectivity index (χ4n) is 2.80. The number of hydrogen-bond acceptors (Lipinski definition) is 4. The second-order valence-corrected chi connectivity index (χ2v) is 6.48. The molecule has 4 N–H and O–H groups in total. The Balaban J connectivity index is 2.25. The summed E-state index contributed by atoms with van der Waals surface area (Å²) >= 11 is 0. The predicted molar refractivity (Wildman–Crippen MR) is 98.5 cm³/mol. The zero-order valence-corrected chi connectivity index (χ0v) is 14.9. The monoisotopic (exact) mass is 345 g/mol. The fourth-order valence-corrected chi connectivity index (χ4v) is 2.80. The maximum absolute atomic E-state index is 12.7. The number of rotatable bonds is 3. The minimum absolute atomic E-state index is 0.166. The molecule has 0 aromatic heterocycles. The summed E-state index contributed by atoms with van der Waals surface area (Å²) in [6.07, 6.45) is 1.73. The molecule has 0 saturated heterocycles. The van der Waals surface area contributed by atoms with Crippen molar-refractivity contribution in [2.45, 2.75) is 39.0 Å². The number of aliphatic hydroxyl groups is 1. The molecule has 6 heteroatoms. The topological polar surface area (TPSA) is 90.5 Å². The number of aliphatic hydroxyl groups excluding tert-OH is 1. The minimum atomic E-state index is -0.574. The summed E-state index contributed by atoms with van der Waals surface area (Å²) in [5.74, 6) is -1.04. The van der Waals surface area contributed by atoms with Crippen molar-refractivity contribution >= 4 is 17.5 Å². The Hall–Kier alpha value is -2.34. The number of carbonyl (C=O) groups excluding carboxylic acids is 2. The van der Waals surface area contributed by atoms with Gasteiger partial charge in [0.15, 0.2) is 0 Å². The summed E-state index contributed by atoms with van der Waals surface area (Å²) < 4.78 is 0. The molecule has 1 aliphatic rings. The first kappa shape index (κ1) is 19.0. The van der Waals surface area contributed by atoms with Gasteiger partial charge < -0.3 is 21.1 Å². The maximum atomic E-state index is 12.7. The van der Waals surface area contributed by atoms with Gasteiger partial charge >= 0.3 is 0 Å². The molecule has 1 aromatic rings. The Bertz CT molecular complexity index is 653. The molecule has 0 aliphatic carbocycles. The van der Waals surface area contributed by atoms with Crippen molar-refractivity contribution in [3.8, 4) is 0 Å². The molecule has 1 aliphatic heterocycles. The molecule has 2 amide bonds. The molecule has 0 spiro atoms. The third kappa shape index (κ3) is 5.32. The van der Waals surface area contributed by atoms with Crippen LogP contribution in [0.3, 0.4) is 0 Å². The highest BCUT2D eigenvalue weighted by Crippen LogP contribution is 2.24. The van der Waals surface area contributed by atoms with E-state index in [-0.39, 0.29) is 23.7 Å². The predicted octanol–water partition coefficient (Wildman–Crippen LogP) is 2.45. The molecule has 25 heavy (non-hydrogen) atoms. The number of hydrogen-bond donors (Lipinski definition) is 4. The van der Waals surface area contributed by atoms with Crippen LogP contribution in [-0.4, -0.2) is 36.6 Å². The lowest BCUT2D eigenvalue weighted by molar-refractivity contribution is -0.121. The van der Waals surface area contributed by atoms with Crippen LogP contribution >= 0.6 is 0 Å². The van der Waals surface area contributed by atoms with Crippen LogP contribution in [0.1, 0.15) is 44.6 Å². The van der Waals surface area contributed by atoms with Gasteiger partial charge in [-0.3, -0.25) is 9.59 Å². The van der Waals surface area contributed by atoms with Crippen LogP contribution in [0, 0.1) is 0 Å². The number of carbonyl (C=O) groups is 2. The molecule has 0 bridgehead atoms. The van der Waals surface area contributed by atoms with Crippen molar-refractivity contribution < 1.29 is 14.7 Å². The molecule has 2 rings (SSSR count). The lowest BCUT2D eigenvalue weighted by Gasteiger charge is -2.15. The first-order valence-electron chi connectivity index (χ1n) is 8.82. The number of benzene rings is 1. The third-order valence-electron chi connectivity index (χ3n) is 4.16. The number of amides is 2. The molecular weight excluding hydrogens is 318 g/mol. The van der Waals surface area contributed by atoms with E-state index in [1.54, 1.807) is 6.07 Å². The van der Waals surface area contributed by atoms with Gasteiger partial charge in [-0.2, -0.15) is 0 Å². The standard InChI is InChI=1S/C19H27N3O3/c1-13(2)14-7-3-4-8-15(14)22-19(25)17-16(23)9-5-10-20-11-6-12-21-18(17)24/h3-4,7-8,13,20,23H,5-6,9-12H2,1-2H3,(H,21,24)(H,22,25)/b17-16-. The largest absolute Gasteiger partial charge is 0.511 e. The molecule has 0 radical (unpaired) electrons. The van der Waals surface area contributed by atoms with Gasteiger partial charge in [-0.15, -0.1) is 0 Å². The van der Waals surface area contributed by atoms with Crippen molar-refractivity contribution in [2.24, 2.45) is 0 Å². The molecule has 0 fully saturated rings. The van der Waals surface area contributed by atoms with E-state index in [1.807, 2.05) is 32.0 Å². The van der Waals surface area contributed by atoms with E-state index in [4.69, 9.17) is 0 Å². The molecule has 136 valence electrons. The fraction of sp³-hybridized carbons (Fsp3) is 0.474. The highest BCUT2D eigenvalue weighted by molar-refractivity contribution is 6.23. The van der Waals surface area contributed by atoms with Crippen LogP contribution in [0.25, 0.3) is 0 Å². The van der Waals surface area contributed by atoms with Crippen molar-refractivity contribution in [1.29, 1.82) is 0 Å². The summed E-state index contributed by atoms with van der Waals surface area (Å²) in [6, 6.07) is 7.49. The van der Waals surface area contributed by atoms with E-state index in [0.29, 0.717) is 18.7 Å². The molecule has 0 atom stereocenters. The Labute approximate surface area is 148 Å².